The topological polar surface area (TPSA) is 34.2 Å². The molecule has 2 aliphatic rings. The zero-order valence-corrected chi connectivity index (χ0v) is 15.5. The summed E-state index contributed by atoms with van der Waals surface area (Å²) in [5.74, 6) is 1.01. The van der Waals surface area contributed by atoms with Crippen LogP contribution in [0.3, 0.4) is 0 Å². The Morgan fingerprint density at radius 1 is 1.16 bits per heavy atom. The number of hydrogen-bond acceptors (Lipinski definition) is 5. The molecule has 25 heavy (non-hydrogen) atoms. The van der Waals surface area contributed by atoms with Gasteiger partial charge in [-0.15, -0.1) is 0 Å². The van der Waals surface area contributed by atoms with Crippen LogP contribution in [0, 0.1) is 0 Å². The summed E-state index contributed by atoms with van der Waals surface area (Å²) in [4.78, 5) is 4.75. The van der Waals surface area contributed by atoms with Gasteiger partial charge in [0.25, 0.3) is 0 Å². The second-order valence-corrected chi connectivity index (χ2v) is 7.10. The Labute approximate surface area is 151 Å². The molecule has 0 saturated carbocycles. The number of para-hydroxylation sites is 1. The second kappa shape index (κ2) is 10.1. The molecule has 0 bridgehead atoms. The normalized spacial score (nSPS) is 22.2. The van der Waals surface area contributed by atoms with Crippen molar-refractivity contribution >= 4 is 0 Å². The molecule has 0 radical (unpaired) electrons. The van der Waals surface area contributed by atoms with Gasteiger partial charge in [0.05, 0.1) is 19.3 Å². The monoisotopic (exact) mass is 348 g/mol. The van der Waals surface area contributed by atoms with Gasteiger partial charge < -0.3 is 14.2 Å². The maximum absolute atomic E-state index is 6.09. The highest BCUT2D eigenvalue weighted by atomic mass is 16.5. The van der Waals surface area contributed by atoms with Gasteiger partial charge in [-0.3, -0.25) is 9.80 Å². The second-order valence-electron chi connectivity index (χ2n) is 7.10. The fraction of sp³-hybridized carbons (Fsp3) is 0.700. The van der Waals surface area contributed by atoms with Crippen LogP contribution in [0.2, 0.25) is 0 Å². The Hall–Kier alpha value is -1.14. The maximum Gasteiger partial charge on any atom is 0.123 e. The van der Waals surface area contributed by atoms with E-state index in [4.69, 9.17) is 14.2 Å². The summed E-state index contributed by atoms with van der Waals surface area (Å²) in [5.41, 5.74) is 1.25. The molecule has 0 aromatic heterocycles. The molecule has 0 spiro atoms. The fourth-order valence-electron chi connectivity index (χ4n) is 3.54. The van der Waals surface area contributed by atoms with Crippen molar-refractivity contribution in [1.29, 1.82) is 0 Å². The molecule has 1 atom stereocenters. The van der Waals surface area contributed by atoms with E-state index >= 15 is 0 Å². The molecular weight excluding hydrogens is 316 g/mol. The molecule has 2 aliphatic heterocycles. The van der Waals surface area contributed by atoms with Gasteiger partial charge in [-0.1, -0.05) is 18.2 Å². The summed E-state index contributed by atoms with van der Waals surface area (Å²) in [6.45, 7) is 8.19. The van der Waals surface area contributed by atoms with Gasteiger partial charge in [-0.2, -0.15) is 0 Å². The van der Waals surface area contributed by atoms with Crippen molar-refractivity contribution in [2.24, 2.45) is 0 Å². The Bertz CT molecular complexity index is 499. The standard InChI is InChI=1S/C20H32N2O3/c1-21(17-19-7-4-5-12-24-19)16-18-6-2-3-8-20(18)25-15-11-22-9-13-23-14-10-22/h2-3,6,8,19H,4-5,7,9-17H2,1H3/t19-/m1/s1. The third-order valence-corrected chi connectivity index (χ3v) is 4.97. The fourth-order valence-corrected chi connectivity index (χ4v) is 3.54. The van der Waals surface area contributed by atoms with Crippen LogP contribution in [0.4, 0.5) is 0 Å². The van der Waals surface area contributed by atoms with Crippen molar-refractivity contribution in [2.75, 3.05) is 59.7 Å². The Morgan fingerprint density at radius 3 is 2.80 bits per heavy atom. The van der Waals surface area contributed by atoms with E-state index in [1.165, 1.54) is 24.8 Å². The number of likely N-dealkylation sites (N-methyl/N-ethyl adjacent to an activating group) is 1. The molecule has 1 aromatic carbocycles. The first kappa shape index (κ1) is 18.6. The molecule has 140 valence electrons. The lowest BCUT2D eigenvalue weighted by atomic mass is 10.1. The van der Waals surface area contributed by atoms with E-state index in [1.807, 2.05) is 0 Å². The lowest BCUT2D eigenvalue weighted by Crippen LogP contribution is -2.38. The highest BCUT2D eigenvalue weighted by Gasteiger charge is 2.17. The summed E-state index contributed by atoms with van der Waals surface area (Å²) < 4.78 is 17.3. The SMILES string of the molecule is CN(Cc1ccccc1OCCN1CCOCC1)C[C@H]1CCCCO1. The molecule has 1 aromatic rings. The molecule has 2 heterocycles. The predicted octanol–water partition coefficient (Wildman–Crippen LogP) is 2.40. The van der Waals surface area contributed by atoms with Gasteiger partial charge in [0.2, 0.25) is 0 Å². The van der Waals surface area contributed by atoms with E-state index in [-0.39, 0.29) is 0 Å². The molecule has 3 rings (SSSR count). The number of rotatable bonds is 8. The number of benzene rings is 1. The van der Waals surface area contributed by atoms with Gasteiger partial charge in [0.1, 0.15) is 12.4 Å². The Kier molecular flexibility index (Phi) is 7.55. The Morgan fingerprint density at radius 2 is 2.00 bits per heavy atom. The Balaban J connectivity index is 1.46. The van der Waals surface area contributed by atoms with Gasteiger partial charge in [-0.05, 0) is 32.4 Å². The minimum absolute atomic E-state index is 0.383. The van der Waals surface area contributed by atoms with Crippen LogP contribution in [0.1, 0.15) is 24.8 Å². The number of nitrogens with zero attached hydrogens (tertiary/aromatic N) is 2. The van der Waals surface area contributed by atoms with Gasteiger partial charge >= 0.3 is 0 Å². The van der Waals surface area contributed by atoms with Gasteiger partial charge in [0.15, 0.2) is 0 Å². The van der Waals surface area contributed by atoms with Crippen LogP contribution >= 0.6 is 0 Å². The smallest absolute Gasteiger partial charge is 0.123 e. The summed E-state index contributed by atoms with van der Waals surface area (Å²) in [5, 5.41) is 0. The minimum atomic E-state index is 0.383. The van der Waals surface area contributed by atoms with Crippen molar-refractivity contribution < 1.29 is 14.2 Å². The average Bonchev–Trinajstić information content (AvgIpc) is 2.65. The van der Waals surface area contributed by atoms with Crippen molar-refractivity contribution in [3.8, 4) is 5.75 Å². The summed E-state index contributed by atoms with van der Waals surface area (Å²) in [7, 11) is 2.17. The molecule has 0 aliphatic carbocycles. The van der Waals surface area contributed by atoms with E-state index in [0.717, 1.165) is 64.9 Å². The highest BCUT2D eigenvalue weighted by molar-refractivity contribution is 5.33. The molecule has 5 nitrogen and oxygen atoms in total. The summed E-state index contributed by atoms with van der Waals surface area (Å²) in [6, 6.07) is 8.40. The zero-order chi connectivity index (χ0) is 17.3. The van der Waals surface area contributed by atoms with Crippen LogP contribution in [0.5, 0.6) is 5.75 Å². The molecule has 0 amide bonds. The van der Waals surface area contributed by atoms with Crippen molar-refractivity contribution in [1.82, 2.24) is 9.80 Å². The lowest BCUT2D eigenvalue weighted by Gasteiger charge is -2.28. The summed E-state index contributed by atoms with van der Waals surface area (Å²) >= 11 is 0. The number of morpholine rings is 1. The van der Waals surface area contributed by atoms with Crippen molar-refractivity contribution in [2.45, 2.75) is 31.9 Å². The first-order valence-corrected chi connectivity index (χ1v) is 9.62. The largest absolute Gasteiger partial charge is 0.492 e. The molecule has 0 N–H and O–H groups in total. The third-order valence-electron chi connectivity index (χ3n) is 4.97. The van der Waals surface area contributed by atoms with E-state index in [2.05, 4.69) is 41.1 Å². The highest BCUT2D eigenvalue weighted by Crippen LogP contribution is 2.21. The van der Waals surface area contributed by atoms with Crippen LogP contribution in [-0.2, 0) is 16.0 Å². The predicted molar refractivity (Wildman–Crippen MR) is 99.1 cm³/mol. The maximum atomic E-state index is 6.09. The van der Waals surface area contributed by atoms with E-state index in [0.29, 0.717) is 6.10 Å². The molecule has 5 heteroatoms. The zero-order valence-electron chi connectivity index (χ0n) is 15.5. The first-order valence-electron chi connectivity index (χ1n) is 9.62. The van der Waals surface area contributed by atoms with E-state index < -0.39 is 0 Å². The van der Waals surface area contributed by atoms with E-state index in [1.54, 1.807) is 0 Å². The molecular formula is C20H32N2O3. The lowest BCUT2D eigenvalue weighted by molar-refractivity contribution is -0.00272. The van der Waals surface area contributed by atoms with Crippen molar-refractivity contribution in [3.63, 3.8) is 0 Å². The van der Waals surface area contributed by atoms with E-state index in [9.17, 15) is 0 Å². The number of ether oxygens (including phenoxy) is 3. The average molecular weight is 348 g/mol. The van der Waals surface area contributed by atoms with Gasteiger partial charge in [-0.25, -0.2) is 0 Å². The quantitative estimate of drug-likeness (QED) is 0.721. The van der Waals surface area contributed by atoms with Crippen molar-refractivity contribution in [3.05, 3.63) is 29.8 Å². The molecule has 2 fully saturated rings. The number of hydrogen-bond donors (Lipinski definition) is 0. The molecule has 2 saturated heterocycles. The van der Waals surface area contributed by atoms with Crippen LogP contribution in [0.15, 0.2) is 24.3 Å². The van der Waals surface area contributed by atoms with Crippen LogP contribution in [0.25, 0.3) is 0 Å². The summed E-state index contributed by atoms with van der Waals surface area (Å²) in [6.07, 6.45) is 4.06. The van der Waals surface area contributed by atoms with Crippen LogP contribution in [-0.4, -0.2) is 75.6 Å². The van der Waals surface area contributed by atoms with Gasteiger partial charge in [0, 0.05) is 44.9 Å². The molecule has 0 unspecified atom stereocenters. The first-order chi connectivity index (χ1) is 12.3. The minimum Gasteiger partial charge on any atom is -0.492 e. The van der Waals surface area contributed by atoms with Crippen LogP contribution < -0.4 is 4.74 Å². The third kappa shape index (κ3) is 6.26.